The molecule has 0 aromatic rings. The summed E-state index contributed by atoms with van der Waals surface area (Å²) in [6.07, 6.45) is 0.206. The highest BCUT2D eigenvalue weighted by molar-refractivity contribution is 6.63. The molecule has 1 saturated heterocycles. The first kappa shape index (κ1) is 17.7. The van der Waals surface area contributed by atoms with Crippen LogP contribution in [0.25, 0.3) is 0 Å². The van der Waals surface area contributed by atoms with Crippen LogP contribution >= 0.6 is 11.6 Å². The van der Waals surface area contributed by atoms with Crippen LogP contribution in [0.2, 0.25) is 0 Å². The predicted octanol–water partition coefficient (Wildman–Crippen LogP) is 2.58. The number of likely N-dealkylation sites (tertiary alicyclic amines) is 1. The van der Waals surface area contributed by atoms with Gasteiger partial charge in [0.1, 0.15) is 5.60 Å². The Hall–Kier alpha value is -1.37. The van der Waals surface area contributed by atoms with Crippen molar-refractivity contribution in [1.29, 1.82) is 0 Å². The van der Waals surface area contributed by atoms with E-state index >= 15 is 0 Å². The van der Waals surface area contributed by atoms with Crippen LogP contribution in [0.5, 0.6) is 0 Å². The number of hydrogen-bond donors (Lipinski definition) is 0. The minimum atomic E-state index is -1.32. The molecule has 0 saturated carbocycles. The van der Waals surface area contributed by atoms with E-state index in [0.29, 0.717) is 19.4 Å². The van der Waals surface area contributed by atoms with Crippen molar-refractivity contribution in [3.8, 4) is 0 Å². The zero-order valence-electron chi connectivity index (χ0n) is 12.6. The Morgan fingerprint density at radius 1 is 1.43 bits per heavy atom. The van der Waals surface area contributed by atoms with Gasteiger partial charge in [-0.25, -0.2) is 4.79 Å². The molecule has 120 valence electrons. The van der Waals surface area contributed by atoms with Gasteiger partial charge in [0, 0.05) is 30.7 Å². The van der Waals surface area contributed by atoms with Crippen LogP contribution < -0.4 is 0 Å². The molecule has 0 bridgehead atoms. The van der Waals surface area contributed by atoms with Gasteiger partial charge in [-0.1, -0.05) is 0 Å². The van der Waals surface area contributed by atoms with Gasteiger partial charge in [-0.05, 0) is 38.8 Å². The second-order valence-corrected chi connectivity index (χ2v) is 6.76. The monoisotopic (exact) mass is 320 g/mol. The molecule has 8 heteroatoms. The lowest BCUT2D eigenvalue weighted by Crippen LogP contribution is -2.55. The number of amides is 1. The molecule has 1 unspecified atom stereocenters. The number of carbonyl (C=O) groups is 2. The Morgan fingerprint density at radius 3 is 2.52 bits per heavy atom. The standard InChI is InChI=1S/C13H21ClN2O5/c1-12(2,3)21-11(18)15-8-4-6-13(9-15,16(19)20)7-5-10(14)17/h4-9H2,1-3H3. The molecule has 1 heterocycles. The third-order valence-electron chi connectivity index (χ3n) is 3.38. The van der Waals surface area contributed by atoms with E-state index in [1.807, 2.05) is 0 Å². The van der Waals surface area contributed by atoms with Crippen molar-refractivity contribution in [2.24, 2.45) is 0 Å². The maximum atomic E-state index is 12.1. The Kier molecular flexibility index (Phi) is 5.55. The van der Waals surface area contributed by atoms with E-state index in [1.165, 1.54) is 4.90 Å². The summed E-state index contributed by atoms with van der Waals surface area (Å²) in [6, 6.07) is 0. The summed E-state index contributed by atoms with van der Waals surface area (Å²) in [4.78, 5) is 35.3. The number of rotatable bonds is 4. The maximum Gasteiger partial charge on any atom is 0.410 e. The molecule has 21 heavy (non-hydrogen) atoms. The number of nitro groups is 1. The molecule has 0 aromatic carbocycles. The zero-order chi connectivity index (χ0) is 16.3. The molecule has 1 atom stereocenters. The zero-order valence-corrected chi connectivity index (χ0v) is 13.3. The van der Waals surface area contributed by atoms with Gasteiger partial charge >= 0.3 is 6.09 Å². The van der Waals surface area contributed by atoms with E-state index in [1.54, 1.807) is 20.8 Å². The lowest BCUT2D eigenvalue weighted by molar-refractivity contribution is -0.575. The van der Waals surface area contributed by atoms with E-state index in [2.05, 4.69) is 0 Å². The fraction of sp³-hybridized carbons (Fsp3) is 0.846. The van der Waals surface area contributed by atoms with Gasteiger partial charge in [-0.15, -0.1) is 0 Å². The van der Waals surface area contributed by atoms with Crippen molar-refractivity contribution in [3.05, 3.63) is 10.1 Å². The van der Waals surface area contributed by atoms with Gasteiger partial charge in [0.05, 0.1) is 6.54 Å². The van der Waals surface area contributed by atoms with Crippen molar-refractivity contribution < 1.29 is 19.2 Å². The highest BCUT2D eigenvalue weighted by Gasteiger charge is 2.48. The highest BCUT2D eigenvalue weighted by Crippen LogP contribution is 2.30. The summed E-state index contributed by atoms with van der Waals surface area (Å²) in [6.45, 7) is 5.57. The summed E-state index contributed by atoms with van der Waals surface area (Å²) in [5.74, 6) is 0. The first-order chi connectivity index (χ1) is 9.56. The van der Waals surface area contributed by atoms with Crippen LogP contribution in [-0.4, -0.2) is 45.4 Å². The van der Waals surface area contributed by atoms with Crippen LogP contribution in [0.4, 0.5) is 4.79 Å². The quantitative estimate of drug-likeness (QED) is 0.451. The number of hydrogen-bond acceptors (Lipinski definition) is 5. The van der Waals surface area contributed by atoms with Gasteiger partial charge in [0.25, 0.3) is 0 Å². The number of carbonyl (C=O) groups excluding carboxylic acids is 2. The van der Waals surface area contributed by atoms with Crippen molar-refractivity contribution in [3.63, 3.8) is 0 Å². The molecule has 0 aromatic heterocycles. The molecule has 7 nitrogen and oxygen atoms in total. The molecule has 0 aliphatic carbocycles. The van der Waals surface area contributed by atoms with Crippen LogP contribution in [0, 0.1) is 10.1 Å². The average Bonchev–Trinajstić information content (AvgIpc) is 2.34. The number of ether oxygens (including phenoxy) is 1. The highest BCUT2D eigenvalue weighted by atomic mass is 35.5. The molecular weight excluding hydrogens is 300 g/mol. The minimum Gasteiger partial charge on any atom is -0.444 e. The van der Waals surface area contributed by atoms with Crippen LogP contribution in [0.15, 0.2) is 0 Å². The minimum absolute atomic E-state index is 0.0294. The third-order valence-corrected chi connectivity index (χ3v) is 3.57. The molecule has 0 radical (unpaired) electrons. The van der Waals surface area contributed by atoms with Crippen molar-refractivity contribution in [2.45, 2.75) is 57.6 Å². The molecule has 1 amide bonds. The summed E-state index contributed by atoms with van der Waals surface area (Å²) in [5.41, 5.74) is -1.97. The van der Waals surface area contributed by atoms with Crippen molar-refractivity contribution in [1.82, 2.24) is 4.90 Å². The van der Waals surface area contributed by atoms with Gasteiger partial charge in [0.15, 0.2) is 0 Å². The van der Waals surface area contributed by atoms with E-state index in [4.69, 9.17) is 16.3 Å². The first-order valence-corrected chi connectivity index (χ1v) is 7.24. The topological polar surface area (TPSA) is 89.8 Å². The van der Waals surface area contributed by atoms with E-state index in [-0.39, 0.29) is 19.4 Å². The van der Waals surface area contributed by atoms with Gasteiger partial charge in [-0.2, -0.15) is 0 Å². The van der Waals surface area contributed by atoms with Crippen LogP contribution in [0.3, 0.4) is 0 Å². The fourth-order valence-corrected chi connectivity index (χ4v) is 2.46. The van der Waals surface area contributed by atoms with Crippen molar-refractivity contribution >= 4 is 22.9 Å². The Labute approximate surface area is 128 Å². The molecule has 1 aliphatic heterocycles. The van der Waals surface area contributed by atoms with Crippen LogP contribution in [-0.2, 0) is 9.53 Å². The second kappa shape index (κ2) is 6.60. The molecule has 1 aliphatic rings. The maximum absolute atomic E-state index is 12.1. The molecule has 1 rings (SSSR count). The Morgan fingerprint density at radius 2 is 2.05 bits per heavy atom. The molecule has 0 spiro atoms. The number of nitrogens with zero attached hydrogens (tertiary/aromatic N) is 2. The van der Waals surface area contributed by atoms with Crippen molar-refractivity contribution in [2.75, 3.05) is 13.1 Å². The van der Waals surface area contributed by atoms with Gasteiger partial charge in [0.2, 0.25) is 10.8 Å². The average molecular weight is 321 g/mol. The lowest BCUT2D eigenvalue weighted by Gasteiger charge is -2.37. The lowest BCUT2D eigenvalue weighted by atomic mass is 9.85. The SMILES string of the molecule is CC(C)(C)OC(=O)N1CCCC(CCC(=O)Cl)([N+](=O)[O-])C1. The summed E-state index contributed by atoms with van der Waals surface area (Å²) in [7, 11) is 0. The fourth-order valence-electron chi connectivity index (χ4n) is 2.37. The Balaban J connectivity index is 2.81. The molecular formula is C13H21ClN2O5. The van der Waals surface area contributed by atoms with E-state index in [9.17, 15) is 19.7 Å². The molecule has 0 N–H and O–H groups in total. The van der Waals surface area contributed by atoms with E-state index < -0.39 is 27.4 Å². The van der Waals surface area contributed by atoms with Crippen LogP contribution in [0.1, 0.15) is 46.5 Å². The third kappa shape index (κ3) is 5.15. The largest absolute Gasteiger partial charge is 0.444 e. The second-order valence-electron chi connectivity index (χ2n) is 6.34. The first-order valence-electron chi connectivity index (χ1n) is 6.86. The summed E-state index contributed by atoms with van der Waals surface area (Å²) in [5, 5.41) is 10.8. The summed E-state index contributed by atoms with van der Waals surface area (Å²) < 4.78 is 5.25. The van der Waals surface area contributed by atoms with Gasteiger partial charge in [-0.3, -0.25) is 14.9 Å². The van der Waals surface area contributed by atoms with Gasteiger partial charge < -0.3 is 9.64 Å². The number of piperidine rings is 1. The number of halogens is 1. The Bertz CT molecular complexity index is 435. The van der Waals surface area contributed by atoms with E-state index in [0.717, 1.165) is 0 Å². The predicted molar refractivity (Wildman–Crippen MR) is 76.9 cm³/mol. The normalized spacial score (nSPS) is 22.8. The smallest absolute Gasteiger partial charge is 0.410 e. The summed E-state index contributed by atoms with van der Waals surface area (Å²) >= 11 is 5.28. The molecule has 1 fully saturated rings.